The summed E-state index contributed by atoms with van der Waals surface area (Å²) in [4.78, 5) is 0. The van der Waals surface area contributed by atoms with Gasteiger partial charge in [-0.1, -0.05) is 24.3 Å². The third kappa shape index (κ3) is 3.60. The summed E-state index contributed by atoms with van der Waals surface area (Å²) in [5.74, 6) is 0.525. The lowest BCUT2D eigenvalue weighted by molar-refractivity contribution is 0.133. The van der Waals surface area contributed by atoms with E-state index in [1.54, 1.807) is 0 Å². The van der Waals surface area contributed by atoms with E-state index in [1.807, 2.05) is 45.0 Å². The largest absolute Gasteiger partial charge is 0.377 e. The van der Waals surface area contributed by atoms with Gasteiger partial charge >= 0.3 is 0 Å². The molecule has 0 aliphatic rings. The minimum atomic E-state index is 0.525. The number of nitriles is 1. The minimum Gasteiger partial charge on any atom is -0.377 e. The van der Waals surface area contributed by atoms with E-state index in [1.165, 1.54) is 0 Å². The van der Waals surface area contributed by atoms with Gasteiger partial charge in [0.25, 0.3) is 0 Å². The Kier molecular flexibility index (Phi) is 5.45. The third-order valence-corrected chi connectivity index (χ3v) is 3.59. The van der Waals surface area contributed by atoms with E-state index in [0.717, 1.165) is 22.4 Å². The highest BCUT2D eigenvalue weighted by molar-refractivity contribution is 5.56. The number of anilines is 1. The monoisotopic (exact) mass is 296 g/mol. The molecule has 0 aliphatic heterocycles. The average molecular weight is 296 g/mol. The van der Waals surface area contributed by atoms with Crippen molar-refractivity contribution < 1.29 is 4.74 Å². The summed E-state index contributed by atoms with van der Waals surface area (Å²) >= 11 is 0. The number of hydrogen-bond donors (Lipinski definition) is 1. The molecule has 0 saturated heterocycles. The molecule has 1 N–H and O–H groups in total. The first-order valence-corrected chi connectivity index (χ1v) is 7.29. The van der Waals surface area contributed by atoms with Gasteiger partial charge in [0, 0.05) is 13.2 Å². The van der Waals surface area contributed by atoms with Gasteiger partial charge in [0.15, 0.2) is 5.82 Å². The highest BCUT2D eigenvalue weighted by atomic mass is 16.5. The van der Waals surface area contributed by atoms with Crippen LogP contribution in [-0.2, 0) is 17.9 Å². The molecule has 0 spiro atoms. The number of nitrogens with zero attached hydrogens (tertiary/aromatic N) is 3. The van der Waals surface area contributed by atoms with Crippen LogP contribution in [0, 0.1) is 25.2 Å². The smallest absolute Gasteiger partial charge is 0.167 e. The van der Waals surface area contributed by atoms with Gasteiger partial charge in [0.1, 0.15) is 11.6 Å². The molecule has 0 unspecified atom stereocenters. The first-order valence-electron chi connectivity index (χ1n) is 7.29. The van der Waals surface area contributed by atoms with E-state index in [-0.39, 0.29) is 0 Å². The predicted molar refractivity (Wildman–Crippen MR) is 85.3 cm³/mol. The fourth-order valence-corrected chi connectivity index (χ4v) is 2.13. The topological polar surface area (TPSA) is 70.8 Å². The lowest BCUT2D eigenvalue weighted by Gasteiger charge is -2.12. The number of ether oxygens (including phenoxy) is 1. The molecule has 0 amide bonds. The van der Waals surface area contributed by atoms with Crippen molar-refractivity contribution in [3.8, 4) is 6.07 Å². The Hall–Kier alpha value is -2.45. The second-order valence-electron chi connectivity index (χ2n) is 5.01. The van der Waals surface area contributed by atoms with Crippen molar-refractivity contribution in [3.05, 3.63) is 52.2 Å². The predicted octanol–water partition coefficient (Wildman–Crippen LogP) is 3.11. The van der Waals surface area contributed by atoms with Crippen LogP contribution in [0.15, 0.2) is 24.3 Å². The van der Waals surface area contributed by atoms with Crippen molar-refractivity contribution in [3.63, 3.8) is 0 Å². The minimum absolute atomic E-state index is 0.525. The first-order chi connectivity index (χ1) is 10.7. The van der Waals surface area contributed by atoms with Crippen LogP contribution >= 0.6 is 0 Å². The lowest BCUT2D eigenvalue weighted by Crippen LogP contribution is -2.09. The summed E-state index contributed by atoms with van der Waals surface area (Å²) in [5, 5.41) is 20.7. The van der Waals surface area contributed by atoms with Gasteiger partial charge in [0.05, 0.1) is 12.3 Å². The molecule has 0 bridgehead atoms. The molecule has 0 aliphatic carbocycles. The van der Waals surface area contributed by atoms with E-state index in [0.29, 0.717) is 31.1 Å². The fourth-order valence-electron chi connectivity index (χ4n) is 2.13. The Balaban J connectivity index is 2.18. The van der Waals surface area contributed by atoms with Gasteiger partial charge in [-0.15, -0.1) is 5.10 Å². The molecular weight excluding hydrogens is 276 g/mol. The molecule has 1 aromatic heterocycles. The van der Waals surface area contributed by atoms with Crippen LogP contribution in [0.2, 0.25) is 0 Å². The van der Waals surface area contributed by atoms with E-state index >= 15 is 0 Å². The van der Waals surface area contributed by atoms with Gasteiger partial charge in [-0.05, 0) is 37.5 Å². The van der Waals surface area contributed by atoms with Crippen LogP contribution in [-0.4, -0.2) is 16.8 Å². The summed E-state index contributed by atoms with van der Waals surface area (Å²) in [5.41, 5.74) is 4.45. The van der Waals surface area contributed by atoms with E-state index in [2.05, 4.69) is 21.6 Å². The second-order valence-corrected chi connectivity index (χ2v) is 5.01. The number of rotatable bonds is 6. The molecule has 1 heterocycles. The molecular formula is C17H20N4O. The maximum atomic E-state index is 9.31. The van der Waals surface area contributed by atoms with Crippen LogP contribution in [0.3, 0.4) is 0 Å². The standard InChI is InChI=1S/C17H20N4O/c1-4-22-11-15-8-6-5-7-14(15)10-19-17-16(9-18)12(2)13(3)20-21-17/h5-8H,4,10-11H2,1-3H3,(H,19,21). The third-order valence-electron chi connectivity index (χ3n) is 3.59. The van der Waals surface area contributed by atoms with Crippen LogP contribution < -0.4 is 5.32 Å². The number of aromatic nitrogens is 2. The molecule has 2 rings (SSSR count). The number of nitrogens with one attached hydrogen (secondary N) is 1. The quantitative estimate of drug-likeness (QED) is 0.886. The van der Waals surface area contributed by atoms with Crippen molar-refractivity contribution >= 4 is 5.82 Å². The van der Waals surface area contributed by atoms with Crippen LogP contribution in [0.4, 0.5) is 5.82 Å². The van der Waals surface area contributed by atoms with Crippen molar-refractivity contribution in [2.45, 2.75) is 33.9 Å². The molecule has 0 fully saturated rings. The summed E-state index contributed by atoms with van der Waals surface area (Å²) in [7, 11) is 0. The molecule has 0 radical (unpaired) electrons. The molecule has 1 aromatic carbocycles. The highest BCUT2D eigenvalue weighted by Gasteiger charge is 2.11. The lowest BCUT2D eigenvalue weighted by atomic mass is 10.1. The van der Waals surface area contributed by atoms with E-state index < -0.39 is 0 Å². The first kappa shape index (κ1) is 15.9. The number of benzene rings is 1. The number of hydrogen-bond acceptors (Lipinski definition) is 5. The van der Waals surface area contributed by atoms with Gasteiger partial charge in [-0.2, -0.15) is 10.4 Å². The van der Waals surface area contributed by atoms with Crippen molar-refractivity contribution in [2.75, 3.05) is 11.9 Å². The normalized spacial score (nSPS) is 10.3. The Morgan fingerprint density at radius 1 is 1.18 bits per heavy atom. The SMILES string of the molecule is CCOCc1ccccc1CNc1nnc(C)c(C)c1C#N. The van der Waals surface area contributed by atoms with Crippen LogP contribution in [0.5, 0.6) is 0 Å². The van der Waals surface area contributed by atoms with Gasteiger partial charge in [-0.3, -0.25) is 0 Å². The summed E-state index contributed by atoms with van der Waals surface area (Å²) in [6, 6.07) is 10.3. The van der Waals surface area contributed by atoms with E-state index in [9.17, 15) is 5.26 Å². The molecule has 22 heavy (non-hydrogen) atoms. The highest BCUT2D eigenvalue weighted by Crippen LogP contribution is 2.19. The maximum Gasteiger partial charge on any atom is 0.167 e. The summed E-state index contributed by atoms with van der Waals surface area (Å²) < 4.78 is 5.48. The van der Waals surface area contributed by atoms with Crippen molar-refractivity contribution in [1.82, 2.24) is 10.2 Å². The van der Waals surface area contributed by atoms with Gasteiger partial charge in [0.2, 0.25) is 0 Å². The second kappa shape index (κ2) is 7.53. The maximum absolute atomic E-state index is 9.31. The average Bonchev–Trinajstić information content (AvgIpc) is 2.54. The van der Waals surface area contributed by atoms with Crippen LogP contribution in [0.1, 0.15) is 34.9 Å². The Morgan fingerprint density at radius 3 is 2.59 bits per heavy atom. The zero-order valence-electron chi connectivity index (χ0n) is 13.2. The molecule has 5 nitrogen and oxygen atoms in total. The molecule has 114 valence electrons. The van der Waals surface area contributed by atoms with Crippen LogP contribution in [0.25, 0.3) is 0 Å². The molecule has 0 saturated carbocycles. The molecule has 2 aromatic rings. The van der Waals surface area contributed by atoms with E-state index in [4.69, 9.17) is 4.74 Å². The van der Waals surface area contributed by atoms with Gasteiger partial charge in [-0.25, -0.2) is 0 Å². The zero-order valence-corrected chi connectivity index (χ0v) is 13.2. The Labute approximate surface area is 131 Å². The molecule has 5 heteroatoms. The molecule has 0 atom stereocenters. The Bertz CT molecular complexity index is 692. The summed E-state index contributed by atoms with van der Waals surface area (Å²) in [6.45, 7) is 7.56. The number of aryl methyl sites for hydroxylation is 1. The zero-order chi connectivity index (χ0) is 15.9. The summed E-state index contributed by atoms with van der Waals surface area (Å²) in [6.07, 6.45) is 0. The fraction of sp³-hybridized carbons (Fsp3) is 0.353. The van der Waals surface area contributed by atoms with Gasteiger partial charge < -0.3 is 10.1 Å². The Morgan fingerprint density at radius 2 is 1.91 bits per heavy atom. The van der Waals surface area contributed by atoms with Crippen molar-refractivity contribution in [1.29, 1.82) is 5.26 Å². The van der Waals surface area contributed by atoms with Crippen molar-refractivity contribution in [2.24, 2.45) is 0 Å².